The third kappa shape index (κ3) is 7.60. The van der Waals surface area contributed by atoms with Gasteiger partial charge in [-0.1, -0.05) is 68.0 Å². The lowest BCUT2D eigenvalue weighted by Crippen LogP contribution is -2.49. The summed E-state index contributed by atoms with van der Waals surface area (Å²) in [4.78, 5) is 9.01. The second-order valence-electron chi connectivity index (χ2n) is 13.1. The molecule has 3 aliphatic rings. The first-order chi connectivity index (χ1) is 19.8. The van der Waals surface area contributed by atoms with Crippen molar-refractivity contribution < 1.29 is 4.74 Å². The highest BCUT2D eigenvalue weighted by molar-refractivity contribution is 5.92. The van der Waals surface area contributed by atoms with Crippen LogP contribution in [0.15, 0.2) is 71.9 Å². The molecule has 220 valence electrons. The van der Waals surface area contributed by atoms with Gasteiger partial charge in [-0.3, -0.25) is 4.90 Å². The van der Waals surface area contributed by atoms with Gasteiger partial charge >= 0.3 is 0 Å². The summed E-state index contributed by atoms with van der Waals surface area (Å²) >= 11 is 0. The van der Waals surface area contributed by atoms with Crippen LogP contribution < -0.4 is 0 Å². The van der Waals surface area contributed by atoms with E-state index in [2.05, 4.69) is 105 Å². The molecule has 1 aromatic carbocycles. The van der Waals surface area contributed by atoms with Crippen molar-refractivity contribution >= 4 is 16.5 Å². The van der Waals surface area contributed by atoms with Gasteiger partial charge in [-0.2, -0.15) is 0 Å². The molecule has 1 aromatic heterocycles. The van der Waals surface area contributed by atoms with E-state index in [-0.39, 0.29) is 0 Å². The molecule has 1 atom stereocenters. The number of nitrogens with zero attached hydrogens (tertiary/aromatic N) is 2. The summed E-state index contributed by atoms with van der Waals surface area (Å²) in [7, 11) is 0. The van der Waals surface area contributed by atoms with Crippen LogP contribution in [0.3, 0.4) is 0 Å². The number of hydrogen-bond donors (Lipinski definition) is 1. The Hall–Kier alpha value is -2.66. The number of H-pyrrole nitrogens is 1. The lowest BCUT2D eigenvalue weighted by Gasteiger charge is -2.38. The molecule has 1 unspecified atom stereocenters. The molecule has 4 nitrogen and oxygen atoms in total. The minimum atomic E-state index is 0.318. The van der Waals surface area contributed by atoms with E-state index >= 15 is 0 Å². The van der Waals surface area contributed by atoms with Crippen LogP contribution in [0.5, 0.6) is 0 Å². The van der Waals surface area contributed by atoms with Crippen LogP contribution in [-0.2, 0) is 4.74 Å². The van der Waals surface area contributed by atoms with Crippen molar-refractivity contribution in [2.45, 2.75) is 78.2 Å². The van der Waals surface area contributed by atoms with E-state index in [4.69, 9.17) is 4.74 Å². The Morgan fingerprint density at radius 2 is 1.88 bits per heavy atom. The number of morpholine rings is 1. The van der Waals surface area contributed by atoms with Gasteiger partial charge in [-0.05, 0) is 106 Å². The molecule has 2 aromatic rings. The number of benzene rings is 1. The zero-order valence-electron chi connectivity index (χ0n) is 26.1. The predicted octanol–water partition coefficient (Wildman–Crippen LogP) is 8.37. The SMILES string of the molecule is C=C(C)/C=C(\C=C(C)C)c1[nH]c2ccc(C3CCN(CC4CN(CC5=CCCC=C5)CCO4)CC3)cc2c1C(C)C. The minimum absolute atomic E-state index is 0.318. The summed E-state index contributed by atoms with van der Waals surface area (Å²) in [5.74, 6) is 1.04. The first-order valence-corrected chi connectivity index (χ1v) is 15.9. The van der Waals surface area contributed by atoms with E-state index in [1.807, 2.05) is 0 Å². The molecule has 1 aliphatic carbocycles. The van der Waals surface area contributed by atoms with Gasteiger partial charge < -0.3 is 14.6 Å². The van der Waals surface area contributed by atoms with Crippen LogP contribution in [0.1, 0.15) is 89.0 Å². The molecular weight excluding hydrogens is 502 g/mol. The summed E-state index contributed by atoms with van der Waals surface area (Å²) < 4.78 is 6.23. The molecule has 0 radical (unpaired) electrons. The largest absolute Gasteiger partial charge is 0.374 e. The molecule has 0 bridgehead atoms. The predicted molar refractivity (Wildman–Crippen MR) is 176 cm³/mol. The molecule has 0 spiro atoms. The van der Waals surface area contributed by atoms with Crippen LogP contribution in [0, 0.1) is 0 Å². The van der Waals surface area contributed by atoms with Gasteiger partial charge in [-0.25, -0.2) is 0 Å². The molecule has 41 heavy (non-hydrogen) atoms. The third-order valence-corrected chi connectivity index (χ3v) is 8.80. The van der Waals surface area contributed by atoms with Gasteiger partial charge in [0.15, 0.2) is 0 Å². The highest BCUT2D eigenvalue weighted by Gasteiger charge is 2.27. The molecule has 3 heterocycles. The molecular formula is C37H51N3O. The van der Waals surface area contributed by atoms with Gasteiger partial charge in [0.25, 0.3) is 0 Å². The molecule has 2 saturated heterocycles. The number of likely N-dealkylation sites (tertiary alicyclic amines) is 1. The average molecular weight is 554 g/mol. The fourth-order valence-electron chi connectivity index (χ4n) is 6.89. The average Bonchev–Trinajstić information content (AvgIpc) is 3.33. The number of aromatic nitrogens is 1. The molecule has 5 rings (SSSR count). The maximum absolute atomic E-state index is 6.23. The summed E-state index contributed by atoms with van der Waals surface area (Å²) in [5, 5.41) is 1.38. The summed E-state index contributed by atoms with van der Waals surface area (Å²) in [5.41, 5.74) is 10.5. The standard InChI is InChI=1S/C37H51N3O/c1-26(2)20-32(21-27(3)4)37-36(28(5)6)34-22-31(12-13-35(34)38-37)30-14-16-39(17-15-30)24-33-25-40(18-19-41-33)23-29-10-8-7-9-11-29/h8,10-13,20-22,28,30,33,38H,1,7,9,14-19,23-25H2,2-6H3/b32-20+. The maximum atomic E-state index is 6.23. The first-order valence-electron chi connectivity index (χ1n) is 15.9. The third-order valence-electron chi connectivity index (χ3n) is 8.80. The van der Waals surface area contributed by atoms with Crippen molar-refractivity contribution in [3.8, 4) is 0 Å². The Morgan fingerprint density at radius 1 is 1.07 bits per heavy atom. The Labute approximate surface area is 248 Å². The lowest BCUT2D eigenvalue weighted by atomic mass is 9.87. The van der Waals surface area contributed by atoms with E-state index in [9.17, 15) is 0 Å². The fourth-order valence-corrected chi connectivity index (χ4v) is 6.89. The summed E-state index contributed by atoms with van der Waals surface area (Å²) in [6, 6.07) is 7.17. The number of aromatic amines is 1. The number of hydrogen-bond acceptors (Lipinski definition) is 3. The number of rotatable bonds is 9. The number of nitrogens with one attached hydrogen (secondary N) is 1. The molecule has 4 heteroatoms. The molecule has 2 fully saturated rings. The first kappa shape index (κ1) is 29.8. The lowest BCUT2D eigenvalue weighted by molar-refractivity contribution is -0.0429. The Morgan fingerprint density at radius 3 is 2.56 bits per heavy atom. The second kappa shape index (κ2) is 13.5. The van der Waals surface area contributed by atoms with Crippen LogP contribution >= 0.6 is 0 Å². The maximum Gasteiger partial charge on any atom is 0.0829 e. The number of ether oxygens (including phenoxy) is 1. The summed E-state index contributed by atoms with van der Waals surface area (Å²) in [6.45, 7) is 22.6. The molecule has 2 aliphatic heterocycles. The topological polar surface area (TPSA) is 31.5 Å². The van der Waals surface area contributed by atoms with Crippen LogP contribution in [0.4, 0.5) is 0 Å². The smallest absolute Gasteiger partial charge is 0.0829 e. The van der Waals surface area contributed by atoms with Gasteiger partial charge in [0.2, 0.25) is 0 Å². The zero-order chi connectivity index (χ0) is 28.9. The normalized spacial score (nSPS) is 21.5. The van der Waals surface area contributed by atoms with E-state index in [0.717, 1.165) is 51.4 Å². The van der Waals surface area contributed by atoms with Crippen LogP contribution in [0.25, 0.3) is 16.5 Å². The van der Waals surface area contributed by atoms with Crippen LogP contribution in [0.2, 0.25) is 0 Å². The van der Waals surface area contributed by atoms with Crippen molar-refractivity contribution in [2.75, 3.05) is 45.9 Å². The van der Waals surface area contributed by atoms with E-state index in [0.29, 0.717) is 17.9 Å². The van der Waals surface area contributed by atoms with E-state index in [1.54, 1.807) is 0 Å². The molecule has 0 amide bonds. The summed E-state index contributed by atoms with van der Waals surface area (Å²) in [6.07, 6.45) is 16.7. The number of fused-ring (bicyclic) bond motifs is 1. The van der Waals surface area contributed by atoms with Crippen molar-refractivity contribution in [3.63, 3.8) is 0 Å². The number of allylic oxidation sites excluding steroid dienone is 7. The van der Waals surface area contributed by atoms with Crippen molar-refractivity contribution in [3.05, 3.63) is 88.7 Å². The Kier molecular flexibility index (Phi) is 9.85. The monoisotopic (exact) mass is 553 g/mol. The fraction of sp³-hybridized carbons (Fsp3) is 0.514. The van der Waals surface area contributed by atoms with Gasteiger partial charge in [-0.15, -0.1) is 0 Å². The van der Waals surface area contributed by atoms with E-state index in [1.165, 1.54) is 70.1 Å². The highest BCUT2D eigenvalue weighted by atomic mass is 16.5. The van der Waals surface area contributed by atoms with Gasteiger partial charge in [0.05, 0.1) is 12.7 Å². The Bertz CT molecular complexity index is 1340. The second-order valence-corrected chi connectivity index (χ2v) is 13.1. The van der Waals surface area contributed by atoms with Crippen LogP contribution in [-0.4, -0.2) is 66.8 Å². The van der Waals surface area contributed by atoms with Crippen molar-refractivity contribution in [1.82, 2.24) is 14.8 Å². The van der Waals surface area contributed by atoms with Crippen molar-refractivity contribution in [2.24, 2.45) is 0 Å². The van der Waals surface area contributed by atoms with Gasteiger partial charge in [0, 0.05) is 42.8 Å². The quantitative estimate of drug-likeness (QED) is 0.317. The molecule has 1 N–H and O–H groups in total. The Balaban J connectivity index is 1.25. The highest BCUT2D eigenvalue weighted by Crippen LogP contribution is 2.37. The molecule has 0 saturated carbocycles. The van der Waals surface area contributed by atoms with Gasteiger partial charge in [0.1, 0.15) is 0 Å². The van der Waals surface area contributed by atoms with Crippen molar-refractivity contribution in [1.29, 1.82) is 0 Å². The van der Waals surface area contributed by atoms with E-state index < -0.39 is 0 Å². The minimum Gasteiger partial charge on any atom is -0.374 e. The number of piperidine rings is 1. The zero-order valence-corrected chi connectivity index (χ0v) is 26.1.